The van der Waals surface area contributed by atoms with Gasteiger partial charge in [0.05, 0.1) is 24.1 Å². The Labute approximate surface area is 116 Å². The molecule has 0 aliphatic carbocycles. The van der Waals surface area contributed by atoms with Gasteiger partial charge in [0, 0.05) is 6.07 Å². The van der Waals surface area contributed by atoms with Crippen molar-refractivity contribution in [2.45, 2.75) is 6.18 Å². The highest BCUT2D eigenvalue weighted by atomic mass is 32.2. The summed E-state index contributed by atoms with van der Waals surface area (Å²) < 4.78 is 43.4. The van der Waals surface area contributed by atoms with E-state index < -0.39 is 11.7 Å². The molecule has 1 amide bonds. The molecular formula is C11H8F3NO2S2. The molecule has 0 bridgehead atoms. The van der Waals surface area contributed by atoms with Gasteiger partial charge in [-0.2, -0.15) is 13.2 Å². The Morgan fingerprint density at radius 2 is 2.05 bits per heavy atom. The molecule has 19 heavy (non-hydrogen) atoms. The minimum Gasteiger partial charge on any atom is -0.497 e. The Morgan fingerprint density at radius 1 is 1.37 bits per heavy atom. The summed E-state index contributed by atoms with van der Waals surface area (Å²) in [5.41, 5.74) is -0.805. The molecule has 1 aliphatic rings. The fourth-order valence-corrected chi connectivity index (χ4v) is 2.69. The van der Waals surface area contributed by atoms with E-state index in [1.54, 1.807) is 0 Å². The summed E-state index contributed by atoms with van der Waals surface area (Å²) in [6.07, 6.45) is -4.51. The number of amides is 1. The zero-order valence-electron chi connectivity index (χ0n) is 9.65. The first-order valence-electron chi connectivity index (χ1n) is 5.09. The summed E-state index contributed by atoms with van der Waals surface area (Å²) in [5, 5.41) is 0. The second kappa shape index (κ2) is 5.01. The third kappa shape index (κ3) is 2.84. The second-order valence-corrected chi connectivity index (χ2v) is 5.31. The van der Waals surface area contributed by atoms with Crippen molar-refractivity contribution in [3.05, 3.63) is 23.8 Å². The number of methoxy groups -OCH3 is 1. The Kier molecular flexibility index (Phi) is 3.73. The first kappa shape index (κ1) is 14.1. The molecule has 0 aromatic heterocycles. The van der Waals surface area contributed by atoms with Crippen molar-refractivity contribution < 1.29 is 22.7 Å². The largest absolute Gasteiger partial charge is 0.497 e. The molecule has 8 heteroatoms. The molecule has 0 unspecified atom stereocenters. The lowest BCUT2D eigenvalue weighted by molar-refractivity contribution is -0.137. The van der Waals surface area contributed by atoms with Gasteiger partial charge in [-0.25, -0.2) is 0 Å². The first-order valence-corrected chi connectivity index (χ1v) is 6.48. The zero-order chi connectivity index (χ0) is 14.2. The first-order chi connectivity index (χ1) is 8.82. The Morgan fingerprint density at radius 3 is 2.53 bits per heavy atom. The van der Waals surface area contributed by atoms with Crippen LogP contribution in [0.15, 0.2) is 18.2 Å². The summed E-state index contributed by atoms with van der Waals surface area (Å²) in [4.78, 5) is 12.7. The molecule has 2 rings (SSSR count). The number of anilines is 1. The van der Waals surface area contributed by atoms with Crippen LogP contribution in [0.4, 0.5) is 18.9 Å². The van der Waals surface area contributed by atoms with Gasteiger partial charge in [-0.15, -0.1) is 0 Å². The maximum atomic E-state index is 12.8. The molecule has 1 aromatic rings. The summed E-state index contributed by atoms with van der Waals surface area (Å²) in [6.45, 7) is 0. The number of rotatable bonds is 2. The van der Waals surface area contributed by atoms with Gasteiger partial charge in [0.15, 0.2) is 0 Å². The van der Waals surface area contributed by atoms with Gasteiger partial charge in [-0.3, -0.25) is 9.69 Å². The molecular weight excluding hydrogens is 299 g/mol. The maximum absolute atomic E-state index is 12.8. The van der Waals surface area contributed by atoms with Crippen molar-refractivity contribution in [1.82, 2.24) is 0 Å². The number of alkyl halides is 3. The predicted molar refractivity (Wildman–Crippen MR) is 70.5 cm³/mol. The van der Waals surface area contributed by atoms with E-state index in [0.29, 0.717) is 0 Å². The number of thiocarbonyl (C=S) groups is 1. The predicted octanol–water partition coefficient (Wildman–Crippen LogP) is 3.08. The Balaban J connectivity index is 2.51. The quantitative estimate of drug-likeness (QED) is 0.785. The summed E-state index contributed by atoms with van der Waals surface area (Å²) >= 11 is 6.08. The molecule has 1 saturated heterocycles. The van der Waals surface area contributed by atoms with Gasteiger partial charge in [0.25, 0.3) is 0 Å². The fraction of sp³-hybridized carbons (Fsp3) is 0.273. The van der Waals surface area contributed by atoms with E-state index in [1.165, 1.54) is 13.2 Å². The number of carbonyl (C=O) groups excluding carboxylic acids is 1. The molecule has 0 saturated carbocycles. The number of nitrogens with zero attached hydrogens (tertiary/aromatic N) is 1. The topological polar surface area (TPSA) is 29.5 Å². The summed E-state index contributed by atoms with van der Waals surface area (Å²) in [5.74, 6) is -0.175. The number of hydrogen-bond donors (Lipinski definition) is 0. The molecule has 3 nitrogen and oxygen atoms in total. The standard InChI is InChI=1S/C11H8F3NO2S2/c1-17-8-3-6(11(12,13)14)2-7(4-8)15-9(16)5-19-10(15)18/h2-4H,5H2,1H3. The van der Waals surface area contributed by atoms with Crippen LogP contribution in [0.2, 0.25) is 0 Å². The smallest absolute Gasteiger partial charge is 0.416 e. The van der Waals surface area contributed by atoms with Crippen LogP contribution in [0.3, 0.4) is 0 Å². The number of hydrogen-bond acceptors (Lipinski definition) is 4. The molecule has 0 spiro atoms. The lowest BCUT2D eigenvalue weighted by atomic mass is 10.1. The third-order valence-electron chi connectivity index (χ3n) is 2.46. The van der Waals surface area contributed by atoms with Gasteiger partial charge in [0.1, 0.15) is 10.1 Å². The summed E-state index contributed by atoms with van der Waals surface area (Å²) in [7, 11) is 1.26. The van der Waals surface area contributed by atoms with Crippen LogP contribution in [0.5, 0.6) is 5.75 Å². The van der Waals surface area contributed by atoms with Crippen LogP contribution in [-0.2, 0) is 11.0 Å². The van der Waals surface area contributed by atoms with Gasteiger partial charge < -0.3 is 4.74 Å². The third-order valence-corrected chi connectivity index (χ3v) is 3.82. The minimum absolute atomic E-state index is 0.0253. The lowest BCUT2D eigenvalue weighted by Crippen LogP contribution is -2.28. The van der Waals surface area contributed by atoms with Crippen molar-refractivity contribution in [3.63, 3.8) is 0 Å². The number of ether oxygens (including phenoxy) is 1. The molecule has 0 radical (unpaired) electrons. The second-order valence-electron chi connectivity index (χ2n) is 3.70. The van der Waals surface area contributed by atoms with Gasteiger partial charge in [-0.05, 0) is 12.1 Å². The SMILES string of the molecule is COc1cc(N2C(=O)CSC2=S)cc(C(F)(F)F)c1. The van der Waals surface area contributed by atoms with E-state index in [4.69, 9.17) is 17.0 Å². The van der Waals surface area contributed by atoms with E-state index in [-0.39, 0.29) is 27.4 Å². The van der Waals surface area contributed by atoms with Crippen LogP contribution < -0.4 is 9.64 Å². The van der Waals surface area contributed by atoms with Crippen molar-refractivity contribution >= 4 is 39.9 Å². The monoisotopic (exact) mass is 307 g/mol. The average Bonchev–Trinajstić information content (AvgIpc) is 2.67. The molecule has 102 valence electrons. The van der Waals surface area contributed by atoms with E-state index >= 15 is 0 Å². The highest BCUT2D eigenvalue weighted by Crippen LogP contribution is 2.37. The molecule has 1 fully saturated rings. The van der Waals surface area contributed by atoms with E-state index in [9.17, 15) is 18.0 Å². The van der Waals surface area contributed by atoms with Crippen LogP contribution in [0.1, 0.15) is 5.56 Å². The number of benzene rings is 1. The molecule has 1 aromatic carbocycles. The van der Waals surface area contributed by atoms with Gasteiger partial charge in [-0.1, -0.05) is 24.0 Å². The molecule has 0 atom stereocenters. The van der Waals surface area contributed by atoms with Crippen molar-refractivity contribution in [3.8, 4) is 5.75 Å². The normalized spacial score (nSPS) is 16.1. The van der Waals surface area contributed by atoms with Crippen LogP contribution in [0.25, 0.3) is 0 Å². The average molecular weight is 307 g/mol. The number of halogens is 3. The molecule has 1 heterocycles. The highest BCUT2D eigenvalue weighted by molar-refractivity contribution is 8.24. The Hall–Kier alpha value is -1.28. The van der Waals surface area contributed by atoms with Crippen molar-refractivity contribution in [2.24, 2.45) is 0 Å². The van der Waals surface area contributed by atoms with Crippen LogP contribution in [0, 0.1) is 0 Å². The molecule has 0 N–H and O–H groups in total. The molecule has 1 aliphatic heterocycles. The number of carbonyl (C=O) groups is 1. The number of thioether (sulfide) groups is 1. The van der Waals surface area contributed by atoms with Crippen molar-refractivity contribution in [1.29, 1.82) is 0 Å². The Bertz CT molecular complexity index is 529. The fourth-order valence-electron chi connectivity index (χ4n) is 1.60. The van der Waals surface area contributed by atoms with Crippen LogP contribution >= 0.6 is 24.0 Å². The zero-order valence-corrected chi connectivity index (χ0v) is 11.3. The van der Waals surface area contributed by atoms with Crippen LogP contribution in [-0.4, -0.2) is 23.1 Å². The lowest BCUT2D eigenvalue weighted by Gasteiger charge is -2.18. The maximum Gasteiger partial charge on any atom is 0.416 e. The summed E-state index contributed by atoms with van der Waals surface area (Å²) in [6, 6.07) is 3.12. The van der Waals surface area contributed by atoms with E-state index in [0.717, 1.165) is 28.8 Å². The van der Waals surface area contributed by atoms with E-state index in [1.807, 2.05) is 0 Å². The highest BCUT2D eigenvalue weighted by Gasteiger charge is 2.34. The van der Waals surface area contributed by atoms with E-state index in [2.05, 4.69) is 0 Å². The van der Waals surface area contributed by atoms with Crippen molar-refractivity contribution in [2.75, 3.05) is 17.8 Å². The minimum atomic E-state index is -4.51. The van der Waals surface area contributed by atoms with Gasteiger partial charge >= 0.3 is 6.18 Å². The van der Waals surface area contributed by atoms with Gasteiger partial charge in [0.2, 0.25) is 5.91 Å².